The smallest absolute Gasteiger partial charge is 0.336 e. The van der Waals surface area contributed by atoms with Crippen molar-refractivity contribution in [2.75, 3.05) is 0 Å². The minimum atomic E-state index is -0.888. The number of aromatic carboxylic acids is 1. The standard InChI is InChI=1S/C18H23NO2/c1-5-6-7-12-8-9-15-13(10-12)14(17(20)21)11-16(19-15)18(2,3)4/h8-11H,5-7H2,1-4H3,(H,20,21). The number of nitrogens with zero attached hydrogens (tertiary/aromatic N) is 1. The summed E-state index contributed by atoms with van der Waals surface area (Å²) in [5.74, 6) is -0.888. The molecule has 21 heavy (non-hydrogen) atoms. The van der Waals surface area contributed by atoms with Crippen LogP contribution in [0.5, 0.6) is 0 Å². The summed E-state index contributed by atoms with van der Waals surface area (Å²) in [4.78, 5) is 16.2. The quantitative estimate of drug-likeness (QED) is 0.895. The Morgan fingerprint density at radius 2 is 1.95 bits per heavy atom. The molecule has 0 unspecified atom stereocenters. The zero-order valence-corrected chi connectivity index (χ0v) is 13.2. The molecule has 2 aromatic rings. The van der Waals surface area contributed by atoms with Gasteiger partial charge in [0.05, 0.1) is 11.1 Å². The Kier molecular flexibility index (Phi) is 4.31. The highest BCUT2D eigenvalue weighted by Gasteiger charge is 2.20. The number of carbonyl (C=O) groups is 1. The highest BCUT2D eigenvalue weighted by Crippen LogP contribution is 2.27. The van der Waals surface area contributed by atoms with Crippen LogP contribution < -0.4 is 0 Å². The van der Waals surface area contributed by atoms with Crippen LogP contribution in [-0.2, 0) is 11.8 Å². The van der Waals surface area contributed by atoms with E-state index in [1.165, 1.54) is 5.56 Å². The Bertz CT molecular complexity index is 669. The largest absolute Gasteiger partial charge is 0.478 e. The Labute approximate surface area is 126 Å². The molecule has 0 saturated heterocycles. The number of hydrogen-bond acceptors (Lipinski definition) is 2. The maximum Gasteiger partial charge on any atom is 0.336 e. The van der Waals surface area contributed by atoms with E-state index < -0.39 is 5.97 Å². The first-order valence-electron chi connectivity index (χ1n) is 7.50. The first-order chi connectivity index (χ1) is 9.82. The van der Waals surface area contributed by atoms with Crippen molar-refractivity contribution in [1.29, 1.82) is 0 Å². The maximum atomic E-state index is 11.6. The molecule has 0 aliphatic rings. The minimum Gasteiger partial charge on any atom is -0.478 e. The van der Waals surface area contributed by atoms with Gasteiger partial charge in [-0.25, -0.2) is 4.79 Å². The van der Waals surface area contributed by atoms with Gasteiger partial charge in [0, 0.05) is 16.5 Å². The minimum absolute atomic E-state index is 0.167. The molecule has 3 heteroatoms. The normalized spacial score (nSPS) is 11.8. The van der Waals surface area contributed by atoms with Crippen molar-refractivity contribution < 1.29 is 9.90 Å². The molecule has 3 nitrogen and oxygen atoms in total. The monoisotopic (exact) mass is 285 g/mol. The molecule has 0 saturated carbocycles. The van der Waals surface area contributed by atoms with Gasteiger partial charge in [-0.15, -0.1) is 0 Å². The molecule has 2 rings (SSSR count). The lowest BCUT2D eigenvalue weighted by molar-refractivity contribution is 0.0699. The predicted octanol–water partition coefficient (Wildman–Crippen LogP) is 4.57. The van der Waals surface area contributed by atoms with E-state index >= 15 is 0 Å². The number of pyridine rings is 1. The molecule has 0 spiro atoms. The lowest BCUT2D eigenvalue weighted by Gasteiger charge is -2.19. The topological polar surface area (TPSA) is 50.2 Å². The third kappa shape index (κ3) is 3.41. The summed E-state index contributed by atoms with van der Waals surface area (Å²) in [6.45, 7) is 8.29. The number of rotatable bonds is 4. The molecular formula is C18H23NO2. The highest BCUT2D eigenvalue weighted by atomic mass is 16.4. The third-order valence-electron chi connectivity index (χ3n) is 3.69. The number of aryl methyl sites for hydroxylation is 1. The van der Waals surface area contributed by atoms with Gasteiger partial charge in [0.25, 0.3) is 0 Å². The summed E-state index contributed by atoms with van der Waals surface area (Å²) in [6, 6.07) is 7.70. The number of fused-ring (bicyclic) bond motifs is 1. The molecule has 0 aliphatic carbocycles. The van der Waals surface area contributed by atoms with Crippen molar-refractivity contribution in [2.24, 2.45) is 0 Å². The average Bonchev–Trinajstić information content (AvgIpc) is 2.42. The highest BCUT2D eigenvalue weighted by molar-refractivity contribution is 6.02. The molecule has 1 aromatic carbocycles. The molecule has 0 bridgehead atoms. The summed E-state index contributed by atoms with van der Waals surface area (Å²) in [5, 5.41) is 10.3. The van der Waals surface area contributed by atoms with E-state index in [0.717, 1.165) is 35.9 Å². The van der Waals surface area contributed by atoms with Crippen LogP contribution in [0, 0.1) is 0 Å². The Hall–Kier alpha value is -1.90. The fraction of sp³-hybridized carbons (Fsp3) is 0.444. The molecule has 0 aliphatic heterocycles. The number of aromatic nitrogens is 1. The van der Waals surface area contributed by atoms with Crippen molar-refractivity contribution in [3.8, 4) is 0 Å². The van der Waals surface area contributed by atoms with E-state index in [9.17, 15) is 9.90 Å². The van der Waals surface area contributed by atoms with Crippen molar-refractivity contribution in [3.05, 3.63) is 41.1 Å². The van der Waals surface area contributed by atoms with E-state index in [2.05, 4.69) is 18.0 Å². The first kappa shape index (κ1) is 15.5. The summed E-state index contributed by atoms with van der Waals surface area (Å²) in [7, 11) is 0. The average molecular weight is 285 g/mol. The van der Waals surface area contributed by atoms with E-state index in [4.69, 9.17) is 0 Å². The molecule has 0 amide bonds. The number of carboxylic acid groups (broad SMARTS) is 1. The van der Waals surface area contributed by atoms with Gasteiger partial charge in [-0.05, 0) is 36.6 Å². The van der Waals surface area contributed by atoms with Crippen LogP contribution in [0.15, 0.2) is 24.3 Å². The molecule has 0 radical (unpaired) electrons. The van der Waals surface area contributed by atoms with E-state index in [0.29, 0.717) is 5.56 Å². The molecule has 1 N–H and O–H groups in total. The van der Waals surface area contributed by atoms with Gasteiger partial charge >= 0.3 is 5.97 Å². The second-order valence-corrected chi connectivity index (χ2v) is 6.57. The van der Waals surface area contributed by atoms with Gasteiger partial charge in [0.2, 0.25) is 0 Å². The number of benzene rings is 1. The molecular weight excluding hydrogens is 262 g/mol. The SMILES string of the molecule is CCCCc1ccc2nc(C(C)(C)C)cc(C(=O)O)c2c1. The van der Waals surface area contributed by atoms with Crippen LogP contribution in [0.4, 0.5) is 0 Å². The molecule has 0 atom stereocenters. The zero-order chi connectivity index (χ0) is 15.6. The van der Waals surface area contributed by atoms with Gasteiger partial charge in [-0.2, -0.15) is 0 Å². The van der Waals surface area contributed by atoms with Crippen LogP contribution >= 0.6 is 0 Å². The van der Waals surface area contributed by atoms with Crippen molar-refractivity contribution in [1.82, 2.24) is 4.98 Å². The molecule has 1 aromatic heterocycles. The summed E-state index contributed by atoms with van der Waals surface area (Å²) in [6.07, 6.45) is 3.22. The van der Waals surface area contributed by atoms with E-state index in [1.54, 1.807) is 6.07 Å². The van der Waals surface area contributed by atoms with Crippen LogP contribution in [-0.4, -0.2) is 16.1 Å². The zero-order valence-electron chi connectivity index (χ0n) is 13.2. The second kappa shape index (κ2) is 5.84. The Balaban J connectivity index is 2.62. The Morgan fingerprint density at radius 1 is 1.24 bits per heavy atom. The summed E-state index contributed by atoms with van der Waals surface area (Å²) in [5.41, 5.74) is 2.94. The number of hydrogen-bond donors (Lipinski definition) is 1. The summed E-state index contributed by atoms with van der Waals surface area (Å²) < 4.78 is 0. The molecule has 0 fully saturated rings. The van der Waals surface area contributed by atoms with E-state index in [1.807, 2.05) is 32.9 Å². The van der Waals surface area contributed by atoms with Crippen molar-refractivity contribution in [2.45, 2.75) is 52.4 Å². The van der Waals surface area contributed by atoms with Crippen LogP contribution in [0.3, 0.4) is 0 Å². The van der Waals surface area contributed by atoms with Gasteiger partial charge in [-0.1, -0.05) is 40.2 Å². The van der Waals surface area contributed by atoms with Gasteiger partial charge in [0.15, 0.2) is 0 Å². The first-order valence-corrected chi connectivity index (χ1v) is 7.50. The van der Waals surface area contributed by atoms with Gasteiger partial charge < -0.3 is 5.11 Å². The molecule has 1 heterocycles. The fourth-order valence-electron chi connectivity index (χ4n) is 2.37. The molecule has 112 valence electrons. The fourth-order valence-corrected chi connectivity index (χ4v) is 2.37. The van der Waals surface area contributed by atoms with Crippen LogP contribution in [0.1, 0.15) is 62.2 Å². The third-order valence-corrected chi connectivity index (χ3v) is 3.69. The second-order valence-electron chi connectivity index (χ2n) is 6.57. The predicted molar refractivity (Wildman–Crippen MR) is 86.0 cm³/mol. The summed E-state index contributed by atoms with van der Waals surface area (Å²) >= 11 is 0. The van der Waals surface area contributed by atoms with Gasteiger partial charge in [-0.3, -0.25) is 4.98 Å². The van der Waals surface area contributed by atoms with Crippen LogP contribution in [0.25, 0.3) is 10.9 Å². The number of carboxylic acids is 1. The lowest BCUT2D eigenvalue weighted by atomic mass is 9.89. The van der Waals surface area contributed by atoms with Crippen molar-refractivity contribution >= 4 is 16.9 Å². The Morgan fingerprint density at radius 3 is 2.52 bits per heavy atom. The van der Waals surface area contributed by atoms with Crippen molar-refractivity contribution in [3.63, 3.8) is 0 Å². The van der Waals surface area contributed by atoms with E-state index in [-0.39, 0.29) is 5.41 Å². The number of unbranched alkanes of at least 4 members (excludes halogenated alkanes) is 1. The maximum absolute atomic E-state index is 11.6. The van der Waals surface area contributed by atoms with Crippen LogP contribution in [0.2, 0.25) is 0 Å². The van der Waals surface area contributed by atoms with Gasteiger partial charge in [0.1, 0.15) is 0 Å². The lowest BCUT2D eigenvalue weighted by Crippen LogP contribution is -2.15.